The lowest BCUT2D eigenvalue weighted by atomic mass is 10.1. The van der Waals surface area contributed by atoms with Crippen molar-refractivity contribution >= 4 is 50.7 Å². The van der Waals surface area contributed by atoms with Crippen LogP contribution in [0.25, 0.3) is 0 Å². The molecule has 0 aromatic carbocycles. The van der Waals surface area contributed by atoms with Crippen LogP contribution < -0.4 is 10.6 Å². The zero-order chi connectivity index (χ0) is 19.6. The average Bonchev–Trinajstić information content (AvgIpc) is 3.10. The van der Waals surface area contributed by atoms with Crippen LogP contribution >= 0.6 is 22.7 Å². The summed E-state index contributed by atoms with van der Waals surface area (Å²) in [4.78, 5) is 44.7. The van der Waals surface area contributed by atoms with Gasteiger partial charge in [0.15, 0.2) is 16.0 Å². The maximum atomic E-state index is 12.6. The number of rotatable bonds is 6. The fourth-order valence-corrected chi connectivity index (χ4v) is 4.14. The Kier molecular flexibility index (Phi) is 6.09. The van der Waals surface area contributed by atoms with E-state index in [2.05, 4.69) is 20.6 Å². The van der Waals surface area contributed by atoms with Crippen LogP contribution in [0.2, 0.25) is 0 Å². The highest BCUT2D eigenvalue weighted by Gasteiger charge is 2.24. The number of thiazole rings is 2. The predicted molar refractivity (Wildman–Crippen MR) is 102 cm³/mol. The van der Waals surface area contributed by atoms with Crippen molar-refractivity contribution in [1.29, 1.82) is 0 Å². The summed E-state index contributed by atoms with van der Waals surface area (Å²) in [5.74, 6) is -1.87. The molecule has 26 heavy (non-hydrogen) atoms. The van der Waals surface area contributed by atoms with Gasteiger partial charge in [-0.15, -0.1) is 22.7 Å². The highest BCUT2D eigenvalue weighted by molar-refractivity contribution is 7.16. The van der Waals surface area contributed by atoms with Crippen LogP contribution in [-0.4, -0.2) is 32.9 Å². The molecule has 2 amide bonds. The molecule has 2 aromatic heterocycles. The third-order valence-electron chi connectivity index (χ3n) is 3.28. The normalized spacial score (nSPS) is 11.0. The first-order valence-corrected chi connectivity index (χ1v) is 9.57. The lowest BCUT2D eigenvalue weighted by molar-refractivity contribution is -0.114. The zero-order valence-electron chi connectivity index (χ0n) is 15.0. The summed E-state index contributed by atoms with van der Waals surface area (Å²) in [6, 6.07) is 0. The topological polar surface area (TPSA) is 121 Å². The molecule has 0 aliphatic rings. The van der Waals surface area contributed by atoms with Crippen molar-refractivity contribution in [2.45, 2.75) is 46.5 Å². The van der Waals surface area contributed by atoms with Gasteiger partial charge in [0.2, 0.25) is 5.91 Å². The molecule has 0 aliphatic carbocycles. The van der Waals surface area contributed by atoms with Gasteiger partial charge in [-0.3, -0.25) is 14.9 Å². The minimum absolute atomic E-state index is 0.0267. The number of nitrogens with zero attached hydrogens (tertiary/aromatic N) is 2. The van der Waals surface area contributed by atoms with Gasteiger partial charge < -0.3 is 10.4 Å². The van der Waals surface area contributed by atoms with Gasteiger partial charge in [-0.05, 0) is 11.8 Å². The molecule has 10 heteroatoms. The lowest BCUT2D eigenvalue weighted by Gasteiger charge is -2.04. The summed E-state index contributed by atoms with van der Waals surface area (Å²) in [6.45, 7) is 8.94. The number of aromatic nitrogens is 2. The van der Waals surface area contributed by atoms with E-state index in [0.717, 1.165) is 16.2 Å². The summed E-state index contributed by atoms with van der Waals surface area (Å²) in [5.41, 5.74) is 0.147. The molecule has 0 saturated heterocycles. The molecule has 3 N–H and O–H groups in total. The number of carboxylic acid groups (broad SMARTS) is 1. The maximum Gasteiger partial charge on any atom is 0.355 e. The second-order valence-corrected chi connectivity index (χ2v) is 8.27. The Morgan fingerprint density at radius 1 is 0.885 bits per heavy atom. The Morgan fingerprint density at radius 3 is 1.77 bits per heavy atom. The van der Waals surface area contributed by atoms with Crippen molar-refractivity contribution in [2.24, 2.45) is 0 Å². The fourth-order valence-electron chi connectivity index (χ4n) is 2.18. The van der Waals surface area contributed by atoms with Crippen molar-refractivity contribution in [3.8, 4) is 0 Å². The molecule has 0 bridgehead atoms. The van der Waals surface area contributed by atoms with Crippen LogP contribution in [0.15, 0.2) is 0 Å². The van der Waals surface area contributed by atoms with Crippen molar-refractivity contribution in [3.05, 3.63) is 21.1 Å². The fraction of sp³-hybridized carbons (Fsp3) is 0.438. The number of hydrogen-bond donors (Lipinski definition) is 3. The Labute approximate surface area is 158 Å². The molecule has 0 saturated carbocycles. The summed E-state index contributed by atoms with van der Waals surface area (Å²) in [6.07, 6.45) is 0. The molecular formula is C16H20N4O4S2. The highest BCUT2D eigenvalue weighted by atomic mass is 32.1. The van der Waals surface area contributed by atoms with Crippen LogP contribution in [-0.2, 0) is 4.79 Å². The molecule has 2 aromatic rings. The van der Waals surface area contributed by atoms with Gasteiger partial charge >= 0.3 is 5.97 Å². The molecule has 8 nitrogen and oxygen atoms in total. The number of amides is 2. The number of hydrogen-bond acceptors (Lipinski definition) is 7. The number of carbonyl (C=O) groups is 3. The molecule has 0 fully saturated rings. The van der Waals surface area contributed by atoms with E-state index in [4.69, 9.17) is 0 Å². The first-order valence-electron chi connectivity index (χ1n) is 7.93. The van der Waals surface area contributed by atoms with Crippen LogP contribution in [0.3, 0.4) is 0 Å². The van der Waals surface area contributed by atoms with Crippen molar-refractivity contribution in [3.63, 3.8) is 0 Å². The first kappa shape index (κ1) is 20.0. The van der Waals surface area contributed by atoms with Crippen molar-refractivity contribution in [1.82, 2.24) is 9.97 Å². The molecule has 0 radical (unpaired) electrons. The Bertz CT molecular complexity index is 855. The lowest BCUT2D eigenvalue weighted by Crippen LogP contribution is -2.15. The summed E-state index contributed by atoms with van der Waals surface area (Å²) < 4.78 is 0. The smallest absolute Gasteiger partial charge is 0.355 e. The van der Waals surface area contributed by atoms with E-state index in [1.165, 1.54) is 18.3 Å². The van der Waals surface area contributed by atoms with Gasteiger partial charge in [0.25, 0.3) is 5.91 Å². The number of aromatic carboxylic acids is 1. The van der Waals surface area contributed by atoms with E-state index in [1.807, 2.05) is 27.7 Å². The van der Waals surface area contributed by atoms with Crippen LogP contribution in [0.1, 0.15) is 77.2 Å². The predicted octanol–water partition coefficient (Wildman–Crippen LogP) is 3.76. The highest BCUT2D eigenvalue weighted by Crippen LogP contribution is 2.32. The Hall–Kier alpha value is -2.33. The summed E-state index contributed by atoms with van der Waals surface area (Å²) in [5, 5.41) is 15.0. The number of carboxylic acids is 1. The van der Waals surface area contributed by atoms with Crippen LogP contribution in [0.5, 0.6) is 0 Å². The molecule has 140 valence electrons. The minimum atomic E-state index is -1.13. The summed E-state index contributed by atoms with van der Waals surface area (Å²) >= 11 is 2.37. The third kappa shape index (κ3) is 4.44. The molecule has 0 spiro atoms. The third-order valence-corrected chi connectivity index (χ3v) is 5.82. The van der Waals surface area contributed by atoms with Crippen LogP contribution in [0.4, 0.5) is 10.3 Å². The first-order chi connectivity index (χ1) is 12.1. The molecule has 0 atom stereocenters. The average molecular weight is 396 g/mol. The molecule has 0 aliphatic heterocycles. The van der Waals surface area contributed by atoms with Crippen molar-refractivity contribution < 1.29 is 19.5 Å². The van der Waals surface area contributed by atoms with Gasteiger partial charge in [-0.25, -0.2) is 14.8 Å². The van der Waals surface area contributed by atoms with E-state index >= 15 is 0 Å². The van der Waals surface area contributed by atoms with Gasteiger partial charge in [0.1, 0.15) is 5.69 Å². The van der Waals surface area contributed by atoms with Crippen molar-refractivity contribution in [2.75, 3.05) is 10.6 Å². The standard InChI is InChI=1S/C16H20N4O4S2/c1-6(2)11-9(18-15(25-11)17-8(5)21)13(22)20-16-19-10(14(23)24)12(26-16)7(3)4/h6-7H,1-5H3,(H,23,24)(H,17,18,21)(H,19,20,22). The largest absolute Gasteiger partial charge is 0.476 e. The molecular weight excluding hydrogens is 376 g/mol. The van der Waals surface area contributed by atoms with Gasteiger partial charge in [0, 0.05) is 16.7 Å². The Morgan fingerprint density at radius 2 is 1.35 bits per heavy atom. The van der Waals surface area contributed by atoms with Gasteiger partial charge in [-0.2, -0.15) is 0 Å². The van der Waals surface area contributed by atoms with E-state index in [-0.39, 0.29) is 34.3 Å². The van der Waals surface area contributed by atoms with E-state index in [9.17, 15) is 19.5 Å². The quantitative estimate of drug-likeness (QED) is 0.683. The Balaban J connectivity index is 2.32. The van der Waals surface area contributed by atoms with Gasteiger partial charge in [-0.1, -0.05) is 27.7 Å². The molecule has 2 heterocycles. The number of anilines is 2. The number of nitrogens with one attached hydrogen (secondary N) is 2. The minimum Gasteiger partial charge on any atom is -0.476 e. The summed E-state index contributed by atoms with van der Waals surface area (Å²) in [7, 11) is 0. The number of carbonyl (C=O) groups excluding carboxylic acids is 2. The molecule has 0 unspecified atom stereocenters. The SMILES string of the molecule is CC(=O)Nc1nc(C(=O)Nc2nc(C(=O)O)c(C(C)C)s2)c(C(C)C)s1. The van der Waals surface area contributed by atoms with E-state index in [0.29, 0.717) is 10.0 Å². The maximum absolute atomic E-state index is 12.6. The van der Waals surface area contributed by atoms with Crippen LogP contribution in [0, 0.1) is 0 Å². The zero-order valence-corrected chi connectivity index (χ0v) is 16.7. The molecule has 2 rings (SSSR count). The monoisotopic (exact) mass is 396 g/mol. The second kappa shape index (κ2) is 7.92. The van der Waals surface area contributed by atoms with Gasteiger partial charge in [0.05, 0.1) is 0 Å². The van der Waals surface area contributed by atoms with E-state index in [1.54, 1.807) is 0 Å². The van der Waals surface area contributed by atoms with E-state index < -0.39 is 11.9 Å². The second-order valence-electron chi connectivity index (χ2n) is 6.21.